The van der Waals surface area contributed by atoms with Gasteiger partial charge in [-0.2, -0.15) is 13.2 Å². The smallest absolute Gasteiger partial charge is 0.404 e. The number of carbonyl (C=O) groups excluding carboxylic acids is 1. The molecule has 6 nitrogen and oxygen atoms in total. The molecule has 1 aromatic heterocycles. The Morgan fingerprint density at radius 2 is 1.88 bits per heavy atom. The van der Waals surface area contributed by atoms with Crippen LogP contribution in [0.5, 0.6) is 0 Å². The summed E-state index contributed by atoms with van der Waals surface area (Å²) in [5, 5.41) is 5.99. The summed E-state index contributed by atoms with van der Waals surface area (Å²) in [6.45, 7) is 4.83. The summed E-state index contributed by atoms with van der Waals surface area (Å²) >= 11 is 0. The van der Waals surface area contributed by atoms with E-state index in [9.17, 15) is 18.0 Å². The molecular weight excluding hydrogens is 419 g/mol. The van der Waals surface area contributed by atoms with Gasteiger partial charge in [-0.15, -0.1) is 0 Å². The fourth-order valence-corrected chi connectivity index (χ4v) is 3.01. The highest BCUT2D eigenvalue weighted by Crippen LogP contribution is 2.30. The predicted molar refractivity (Wildman–Crippen MR) is 123 cm³/mol. The van der Waals surface area contributed by atoms with Crippen LogP contribution >= 0.6 is 0 Å². The van der Waals surface area contributed by atoms with Crippen LogP contribution in [0.15, 0.2) is 59.9 Å². The number of fused-ring (bicyclic) bond motifs is 1. The number of urea groups is 1. The normalized spacial score (nSPS) is 12.6. The number of allylic oxidation sites excluding steroid dienone is 1. The van der Waals surface area contributed by atoms with Gasteiger partial charge in [-0.05, 0) is 47.9 Å². The Morgan fingerprint density at radius 1 is 1.16 bits per heavy atom. The molecule has 5 N–H and O–H groups in total. The van der Waals surface area contributed by atoms with Crippen molar-refractivity contribution < 1.29 is 18.0 Å². The van der Waals surface area contributed by atoms with E-state index in [1.54, 1.807) is 12.4 Å². The molecule has 0 aliphatic heterocycles. The Morgan fingerprint density at radius 3 is 2.50 bits per heavy atom. The molecule has 0 bridgehead atoms. The van der Waals surface area contributed by atoms with Crippen molar-refractivity contribution in [2.45, 2.75) is 20.0 Å². The van der Waals surface area contributed by atoms with E-state index in [0.29, 0.717) is 18.2 Å². The number of hydrogen-bond acceptors (Lipinski definition) is 3. The number of amides is 2. The van der Waals surface area contributed by atoms with E-state index < -0.39 is 17.8 Å². The van der Waals surface area contributed by atoms with Crippen LogP contribution in [-0.2, 0) is 6.18 Å². The van der Waals surface area contributed by atoms with Gasteiger partial charge in [-0.1, -0.05) is 19.9 Å². The first-order chi connectivity index (χ1) is 15.2. The quantitative estimate of drug-likeness (QED) is 0.359. The second kappa shape index (κ2) is 9.59. The number of nitrogens with zero attached hydrogens (tertiary/aromatic N) is 1. The first kappa shape index (κ1) is 22.9. The van der Waals surface area contributed by atoms with E-state index in [1.807, 2.05) is 18.2 Å². The Balaban J connectivity index is 1.75. The minimum absolute atomic E-state index is 0.241. The van der Waals surface area contributed by atoms with Crippen LogP contribution in [0.1, 0.15) is 25.0 Å². The van der Waals surface area contributed by atoms with Gasteiger partial charge in [-0.3, -0.25) is 4.99 Å². The largest absolute Gasteiger partial charge is 0.416 e. The van der Waals surface area contributed by atoms with Crippen molar-refractivity contribution in [3.05, 3.63) is 66.0 Å². The zero-order valence-corrected chi connectivity index (χ0v) is 17.6. The van der Waals surface area contributed by atoms with E-state index >= 15 is 0 Å². The molecule has 0 saturated carbocycles. The monoisotopic (exact) mass is 443 g/mol. The SMILES string of the molecule is CC(C)CN=C/C(=C\N)c1ccc2[nH]cc(NC(=O)Nc3ccc(C(F)(F)F)cc3)c2c1. The number of aromatic amines is 1. The summed E-state index contributed by atoms with van der Waals surface area (Å²) in [6, 6.07) is 9.28. The number of halogens is 3. The lowest BCUT2D eigenvalue weighted by molar-refractivity contribution is -0.137. The standard InChI is InChI=1S/C23H24F3N5O/c1-14(2)11-28-12-16(10-27)15-3-8-20-19(9-15)21(13-29-20)31-22(32)30-18-6-4-17(5-7-18)23(24,25)26/h3-10,12-14,29H,11,27H2,1-2H3,(H2,30,31,32)/b16-10+,28-12?. The number of H-pyrrole nitrogens is 1. The highest BCUT2D eigenvalue weighted by molar-refractivity contribution is 6.12. The fraction of sp³-hybridized carbons (Fsp3) is 0.217. The lowest BCUT2D eigenvalue weighted by Crippen LogP contribution is -2.19. The fourth-order valence-electron chi connectivity index (χ4n) is 3.01. The molecule has 3 aromatic rings. The highest BCUT2D eigenvalue weighted by Gasteiger charge is 2.30. The topological polar surface area (TPSA) is 95.3 Å². The Labute approximate surface area is 183 Å². The van der Waals surface area contributed by atoms with Gasteiger partial charge in [0.15, 0.2) is 0 Å². The van der Waals surface area contributed by atoms with E-state index in [1.165, 1.54) is 18.3 Å². The van der Waals surface area contributed by atoms with Crippen LogP contribution in [0, 0.1) is 5.92 Å². The molecule has 2 amide bonds. The van der Waals surface area contributed by atoms with Crippen molar-refractivity contribution in [1.29, 1.82) is 0 Å². The van der Waals surface area contributed by atoms with Gasteiger partial charge in [0.05, 0.1) is 11.3 Å². The Hall–Kier alpha value is -3.75. The summed E-state index contributed by atoms with van der Waals surface area (Å²) in [5.41, 5.74) is 8.12. The maximum Gasteiger partial charge on any atom is 0.416 e. The highest BCUT2D eigenvalue weighted by atomic mass is 19.4. The van der Waals surface area contributed by atoms with Gasteiger partial charge in [0.25, 0.3) is 0 Å². The number of benzene rings is 2. The van der Waals surface area contributed by atoms with Crippen molar-refractivity contribution >= 4 is 40.1 Å². The van der Waals surface area contributed by atoms with Crippen LogP contribution in [-0.4, -0.2) is 23.8 Å². The van der Waals surface area contributed by atoms with Crippen molar-refractivity contribution in [2.24, 2.45) is 16.6 Å². The Bertz CT molecular complexity index is 1140. The third-order valence-corrected chi connectivity index (χ3v) is 4.61. The second-order valence-corrected chi connectivity index (χ2v) is 7.63. The van der Waals surface area contributed by atoms with E-state index in [4.69, 9.17) is 5.73 Å². The Kier molecular flexibility index (Phi) is 6.87. The average Bonchev–Trinajstić information content (AvgIpc) is 3.12. The van der Waals surface area contributed by atoms with Gasteiger partial charge in [-0.25, -0.2) is 4.79 Å². The number of hydrogen-bond donors (Lipinski definition) is 4. The summed E-state index contributed by atoms with van der Waals surface area (Å²) in [4.78, 5) is 19.8. The van der Waals surface area contributed by atoms with Crippen molar-refractivity contribution in [2.75, 3.05) is 17.2 Å². The van der Waals surface area contributed by atoms with E-state index in [2.05, 4.69) is 34.5 Å². The molecule has 0 aliphatic rings. The molecule has 0 fully saturated rings. The maximum atomic E-state index is 12.7. The van der Waals surface area contributed by atoms with Gasteiger partial charge in [0.2, 0.25) is 0 Å². The second-order valence-electron chi connectivity index (χ2n) is 7.63. The van der Waals surface area contributed by atoms with Gasteiger partial charge in [0, 0.05) is 47.3 Å². The number of anilines is 2. The number of nitrogens with one attached hydrogen (secondary N) is 3. The molecule has 0 radical (unpaired) electrons. The molecule has 32 heavy (non-hydrogen) atoms. The molecule has 2 aromatic carbocycles. The summed E-state index contributed by atoms with van der Waals surface area (Å²) in [7, 11) is 0. The third kappa shape index (κ3) is 5.69. The zero-order chi connectivity index (χ0) is 23.3. The van der Waals surface area contributed by atoms with Crippen molar-refractivity contribution in [1.82, 2.24) is 4.98 Å². The minimum atomic E-state index is -4.43. The molecule has 168 valence electrons. The summed E-state index contributed by atoms with van der Waals surface area (Å²) in [5.74, 6) is 0.427. The first-order valence-electron chi connectivity index (χ1n) is 9.96. The average molecular weight is 443 g/mol. The van der Waals surface area contributed by atoms with Gasteiger partial charge >= 0.3 is 12.2 Å². The number of nitrogens with two attached hydrogens (primary N) is 1. The first-order valence-corrected chi connectivity index (χ1v) is 9.96. The van der Waals surface area contributed by atoms with Crippen molar-refractivity contribution in [3.8, 4) is 0 Å². The van der Waals surface area contributed by atoms with Crippen molar-refractivity contribution in [3.63, 3.8) is 0 Å². The van der Waals surface area contributed by atoms with Crippen LogP contribution < -0.4 is 16.4 Å². The number of alkyl halides is 3. The van der Waals surface area contributed by atoms with Crippen LogP contribution in [0.4, 0.5) is 29.3 Å². The molecule has 0 unspecified atom stereocenters. The molecule has 1 heterocycles. The maximum absolute atomic E-state index is 12.7. The van der Waals surface area contributed by atoms with E-state index in [0.717, 1.165) is 34.2 Å². The molecule has 3 rings (SSSR count). The summed E-state index contributed by atoms with van der Waals surface area (Å²) in [6.07, 6.45) is 0.401. The number of rotatable bonds is 6. The minimum Gasteiger partial charge on any atom is -0.404 e. The molecule has 0 spiro atoms. The zero-order valence-electron chi connectivity index (χ0n) is 17.6. The molecular formula is C23H24F3N5O. The predicted octanol–water partition coefficient (Wildman–Crippen LogP) is 5.86. The van der Waals surface area contributed by atoms with Crippen LogP contribution in [0.3, 0.4) is 0 Å². The number of aromatic nitrogens is 1. The summed E-state index contributed by atoms with van der Waals surface area (Å²) < 4.78 is 38.0. The third-order valence-electron chi connectivity index (χ3n) is 4.61. The molecule has 0 saturated heterocycles. The lowest BCUT2D eigenvalue weighted by atomic mass is 10.1. The van der Waals surface area contributed by atoms with Crippen LogP contribution in [0.2, 0.25) is 0 Å². The van der Waals surface area contributed by atoms with Gasteiger partial charge in [0.1, 0.15) is 0 Å². The van der Waals surface area contributed by atoms with Crippen LogP contribution in [0.25, 0.3) is 16.5 Å². The lowest BCUT2D eigenvalue weighted by Gasteiger charge is -2.10. The molecule has 0 atom stereocenters. The number of aliphatic imine (C=N–C) groups is 1. The van der Waals surface area contributed by atoms with Gasteiger partial charge < -0.3 is 21.4 Å². The molecule has 0 aliphatic carbocycles. The number of carbonyl (C=O) groups is 1. The van der Waals surface area contributed by atoms with E-state index in [-0.39, 0.29) is 5.69 Å². The molecule has 9 heteroatoms.